The molecule has 0 N–H and O–H groups in total. The summed E-state index contributed by atoms with van der Waals surface area (Å²) in [6.07, 6.45) is 1.59. The van der Waals surface area contributed by atoms with Crippen molar-refractivity contribution in [3.05, 3.63) is 46.9 Å². The summed E-state index contributed by atoms with van der Waals surface area (Å²) in [5, 5.41) is 8.69. The van der Waals surface area contributed by atoms with Crippen molar-refractivity contribution in [2.45, 2.75) is 0 Å². The van der Waals surface area contributed by atoms with E-state index in [0.717, 1.165) is 37.6 Å². The topological polar surface area (TPSA) is 40.6 Å². The average Bonchev–Trinajstić information content (AvgIpc) is 2.46. The summed E-state index contributed by atoms with van der Waals surface area (Å²) in [5.74, 6) is 0. The van der Waals surface area contributed by atoms with Gasteiger partial charge in [0.05, 0.1) is 25.9 Å². The Morgan fingerprint density at radius 2 is 2.00 bits per heavy atom. The maximum absolute atomic E-state index is 8.69. The lowest BCUT2D eigenvalue weighted by Crippen LogP contribution is -2.36. The van der Waals surface area contributed by atoms with Crippen LogP contribution in [0.2, 0.25) is 0 Å². The molecule has 0 amide bonds. The van der Waals surface area contributed by atoms with Crippen LogP contribution in [0.3, 0.4) is 0 Å². The molecule has 0 saturated carbocycles. The van der Waals surface area contributed by atoms with Gasteiger partial charge in [0.15, 0.2) is 0 Å². The summed E-state index contributed by atoms with van der Waals surface area (Å²) < 4.78 is 5.31. The minimum absolute atomic E-state index is 0.106. The van der Waals surface area contributed by atoms with Gasteiger partial charge in [-0.25, -0.2) is 10.1 Å². The van der Waals surface area contributed by atoms with Crippen LogP contribution >= 0.6 is 0 Å². The zero-order valence-corrected chi connectivity index (χ0v) is 9.97. The highest BCUT2D eigenvalue weighted by molar-refractivity contribution is 5.61. The number of ether oxygens (including phenoxy) is 1. The molecule has 4 nitrogen and oxygen atoms in total. The molecule has 2 rings (SSSR count). The highest BCUT2D eigenvalue weighted by Gasteiger charge is 2.10. The highest BCUT2D eigenvalue weighted by atomic mass is 16.5. The third-order valence-corrected chi connectivity index (χ3v) is 2.81. The van der Waals surface area contributed by atoms with Crippen molar-refractivity contribution < 1.29 is 4.74 Å². The number of nitriles is 1. The maximum Gasteiger partial charge on any atom is 0.262 e. The number of anilines is 1. The van der Waals surface area contributed by atoms with Gasteiger partial charge in [-0.15, -0.1) is 0 Å². The van der Waals surface area contributed by atoms with E-state index in [2.05, 4.69) is 9.74 Å². The molecular weight excluding hydrogens is 226 g/mol. The van der Waals surface area contributed by atoms with Crippen LogP contribution in [-0.2, 0) is 4.74 Å². The fourth-order valence-electron chi connectivity index (χ4n) is 1.85. The lowest BCUT2D eigenvalue weighted by atomic mass is 10.1. The van der Waals surface area contributed by atoms with Gasteiger partial charge < -0.3 is 9.64 Å². The zero-order chi connectivity index (χ0) is 12.8. The second-order valence-electron chi connectivity index (χ2n) is 3.94. The molecule has 1 heterocycles. The molecule has 1 aromatic rings. The molecule has 0 bridgehead atoms. The van der Waals surface area contributed by atoms with Gasteiger partial charge >= 0.3 is 0 Å². The van der Waals surface area contributed by atoms with Gasteiger partial charge in [-0.1, -0.05) is 12.1 Å². The van der Waals surface area contributed by atoms with Crippen molar-refractivity contribution in [2.75, 3.05) is 31.2 Å². The van der Waals surface area contributed by atoms with Crippen LogP contribution < -0.4 is 4.90 Å². The third kappa shape index (κ3) is 2.88. The summed E-state index contributed by atoms with van der Waals surface area (Å²) in [7, 11) is 0. The molecule has 0 unspecified atom stereocenters. The van der Waals surface area contributed by atoms with E-state index in [0.29, 0.717) is 0 Å². The van der Waals surface area contributed by atoms with Crippen LogP contribution in [0, 0.1) is 17.9 Å². The van der Waals surface area contributed by atoms with Crippen LogP contribution in [0.1, 0.15) is 5.56 Å². The van der Waals surface area contributed by atoms with Gasteiger partial charge in [-0.2, -0.15) is 0 Å². The molecule has 1 aromatic carbocycles. The summed E-state index contributed by atoms with van der Waals surface area (Å²) in [5.41, 5.74) is 2.13. The van der Waals surface area contributed by atoms with Gasteiger partial charge in [-0.05, 0) is 23.8 Å². The predicted molar refractivity (Wildman–Crippen MR) is 69.7 cm³/mol. The van der Waals surface area contributed by atoms with Crippen molar-refractivity contribution in [1.29, 1.82) is 5.26 Å². The Bertz CT molecular complexity index is 497. The standard InChI is InChI=1S/C14H13N3O/c1-16-13(11-15)10-12-2-4-14(5-3-12)17-6-8-18-9-7-17/h2-5,10H,6-9H2/b13-10-. The fraction of sp³-hybridized carbons (Fsp3) is 0.286. The van der Waals surface area contributed by atoms with E-state index in [-0.39, 0.29) is 5.70 Å². The minimum atomic E-state index is 0.106. The lowest BCUT2D eigenvalue weighted by molar-refractivity contribution is 0.122. The van der Waals surface area contributed by atoms with Crippen LogP contribution in [0.15, 0.2) is 30.0 Å². The van der Waals surface area contributed by atoms with E-state index in [1.54, 1.807) is 6.08 Å². The first-order chi connectivity index (χ1) is 8.83. The molecule has 0 aromatic heterocycles. The lowest BCUT2D eigenvalue weighted by Gasteiger charge is -2.28. The van der Waals surface area contributed by atoms with Crippen molar-refractivity contribution in [3.8, 4) is 6.07 Å². The number of rotatable bonds is 2. The van der Waals surface area contributed by atoms with Crippen molar-refractivity contribution in [1.82, 2.24) is 0 Å². The number of nitrogens with zero attached hydrogens (tertiary/aromatic N) is 3. The summed E-state index contributed by atoms with van der Waals surface area (Å²) >= 11 is 0. The van der Waals surface area contributed by atoms with Crippen molar-refractivity contribution in [2.24, 2.45) is 0 Å². The Hall–Kier alpha value is -2.30. The number of morpholine rings is 1. The van der Waals surface area contributed by atoms with Crippen molar-refractivity contribution >= 4 is 11.8 Å². The van der Waals surface area contributed by atoms with E-state index in [1.807, 2.05) is 30.3 Å². The Morgan fingerprint density at radius 3 is 2.56 bits per heavy atom. The molecule has 90 valence electrons. The Morgan fingerprint density at radius 1 is 1.33 bits per heavy atom. The van der Waals surface area contributed by atoms with E-state index in [9.17, 15) is 0 Å². The fourth-order valence-corrected chi connectivity index (χ4v) is 1.85. The smallest absolute Gasteiger partial charge is 0.262 e. The molecule has 1 fully saturated rings. The highest BCUT2D eigenvalue weighted by Crippen LogP contribution is 2.18. The number of hydrogen-bond donors (Lipinski definition) is 0. The van der Waals surface area contributed by atoms with Crippen LogP contribution in [0.4, 0.5) is 5.69 Å². The summed E-state index contributed by atoms with van der Waals surface area (Å²) in [4.78, 5) is 5.40. The maximum atomic E-state index is 8.69. The second-order valence-corrected chi connectivity index (χ2v) is 3.94. The summed E-state index contributed by atoms with van der Waals surface area (Å²) in [6.45, 7) is 10.2. The molecule has 1 saturated heterocycles. The van der Waals surface area contributed by atoms with Gasteiger partial charge in [0.1, 0.15) is 0 Å². The molecule has 1 aliphatic rings. The van der Waals surface area contributed by atoms with Crippen LogP contribution in [-0.4, -0.2) is 26.3 Å². The van der Waals surface area contributed by atoms with Crippen LogP contribution in [0.5, 0.6) is 0 Å². The Kier molecular flexibility index (Phi) is 3.96. The monoisotopic (exact) mass is 239 g/mol. The second kappa shape index (κ2) is 5.86. The minimum Gasteiger partial charge on any atom is -0.378 e. The largest absolute Gasteiger partial charge is 0.378 e. The summed E-state index contributed by atoms with van der Waals surface area (Å²) in [6, 6.07) is 9.73. The first-order valence-electron chi connectivity index (χ1n) is 5.75. The van der Waals surface area contributed by atoms with Gasteiger partial charge in [0.2, 0.25) is 0 Å². The van der Waals surface area contributed by atoms with E-state index in [1.165, 1.54) is 0 Å². The number of allylic oxidation sites excluding steroid dienone is 1. The SMILES string of the molecule is [C-]#[N+]/C(C#N)=C\c1ccc(N2CCOCC2)cc1. The average molecular weight is 239 g/mol. The molecule has 0 aliphatic carbocycles. The van der Waals surface area contributed by atoms with Crippen molar-refractivity contribution in [3.63, 3.8) is 0 Å². The number of hydrogen-bond acceptors (Lipinski definition) is 3. The Balaban J connectivity index is 2.13. The normalized spacial score (nSPS) is 15.9. The van der Waals surface area contributed by atoms with Gasteiger partial charge in [0.25, 0.3) is 5.70 Å². The number of benzene rings is 1. The van der Waals surface area contributed by atoms with Crippen LogP contribution in [0.25, 0.3) is 10.9 Å². The quantitative estimate of drug-likeness (QED) is 0.587. The zero-order valence-electron chi connectivity index (χ0n) is 9.97. The van der Waals surface area contributed by atoms with E-state index < -0.39 is 0 Å². The first-order valence-corrected chi connectivity index (χ1v) is 5.75. The third-order valence-electron chi connectivity index (χ3n) is 2.81. The molecular formula is C14H13N3O. The predicted octanol–water partition coefficient (Wildman–Crippen LogP) is 2.31. The molecule has 0 atom stereocenters. The Labute approximate surface area is 107 Å². The van der Waals surface area contributed by atoms with E-state index in [4.69, 9.17) is 16.6 Å². The van der Waals surface area contributed by atoms with Gasteiger partial charge in [-0.3, -0.25) is 0 Å². The molecule has 18 heavy (non-hydrogen) atoms. The molecule has 0 spiro atoms. The van der Waals surface area contributed by atoms with Gasteiger partial charge in [0, 0.05) is 18.8 Å². The molecule has 1 aliphatic heterocycles. The molecule has 0 radical (unpaired) electrons. The first kappa shape index (κ1) is 12.2. The molecule has 4 heteroatoms. The van der Waals surface area contributed by atoms with E-state index >= 15 is 0 Å².